The van der Waals surface area contributed by atoms with Crippen molar-refractivity contribution in [2.24, 2.45) is 11.8 Å². The van der Waals surface area contributed by atoms with Gasteiger partial charge in [-0.25, -0.2) is 0 Å². The third-order valence-corrected chi connectivity index (χ3v) is 4.97. The van der Waals surface area contributed by atoms with E-state index in [0.717, 1.165) is 25.7 Å². The lowest BCUT2D eigenvalue weighted by Crippen LogP contribution is -2.37. The molecule has 2 unspecified atom stereocenters. The van der Waals surface area contributed by atoms with E-state index in [4.69, 9.17) is 9.47 Å². The Kier molecular flexibility index (Phi) is 7.63. The first-order valence-electron chi connectivity index (χ1n) is 9.07. The van der Waals surface area contributed by atoms with Gasteiger partial charge in [0, 0.05) is 24.9 Å². The Bertz CT molecular complexity index is 626. The Hall–Kier alpha value is -2.37. The molecule has 2 atom stereocenters. The average Bonchev–Trinajstić information content (AvgIpc) is 2.70. The molecule has 0 spiro atoms. The fourth-order valence-corrected chi connectivity index (χ4v) is 3.40. The van der Waals surface area contributed by atoms with Crippen LogP contribution >= 0.6 is 0 Å². The highest BCUT2D eigenvalue weighted by atomic mass is 16.5. The summed E-state index contributed by atoms with van der Waals surface area (Å²) in [6.07, 6.45) is 4.09. The third-order valence-electron chi connectivity index (χ3n) is 4.97. The number of Topliss-reactive ketones (excluding diaryl/α,β-unsaturated/α-hetero) is 1. The van der Waals surface area contributed by atoms with E-state index < -0.39 is 0 Å². The summed E-state index contributed by atoms with van der Waals surface area (Å²) < 4.78 is 9.93. The number of amides is 1. The van der Waals surface area contributed by atoms with Gasteiger partial charge in [-0.2, -0.15) is 0 Å². The summed E-state index contributed by atoms with van der Waals surface area (Å²) in [6, 6.07) is 6.84. The lowest BCUT2D eigenvalue weighted by molar-refractivity contribution is -0.148. The first-order valence-corrected chi connectivity index (χ1v) is 9.07. The van der Waals surface area contributed by atoms with Crippen molar-refractivity contribution in [2.45, 2.75) is 38.5 Å². The number of rotatable bonds is 8. The monoisotopic (exact) mass is 361 g/mol. The molecule has 1 N–H and O–H groups in total. The van der Waals surface area contributed by atoms with Crippen LogP contribution in [0.3, 0.4) is 0 Å². The van der Waals surface area contributed by atoms with Gasteiger partial charge in [-0.3, -0.25) is 14.4 Å². The molecular formula is C20H27NO5. The molecule has 1 aromatic rings. The molecular weight excluding hydrogens is 334 g/mol. The van der Waals surface area contributed by atoms with Crippen molar-refractivity contribution < 1.29 is 23.9 Å². The van der Waals surface area contributed by atoms with Gasteiger partial charge in [0.05, 0.1) is 20.1 Å². The lowest BCUT2D eigenvalue weighted by Gasteiger charge is -2.29. The molecule has 0 aromatic heterocycles. The van der Waals surface area contributed by atoms with Gasteiger partial charge in [0.1, 0.15) is 5.75 Å². The number of carbonyl (C=O) groups is 3. The quantitative estimate of drug-likeness (QED) is 0.569. The van der Waals surface area contributed by atoms with Crippen molar-refractivity contribution in [2.75, 3.05) is 20.8 Å². The summed E-state index contributed by atoms with van der Waals surface area (Å²) in [6.45, 7) is 0.454. The van der Waals surface area contributed by atoms with Crippen molar-refractivity contribution in [3.05, 3.63) is 29.8 Å². The third kappa shape index (κ3) is 5.58. The molecule has 1 saturated carbocycles. The van der Waals surface area contributed by atoms with E-state index in [1.54, 1.807) is 31.4 Å². The Morgan fingerprint density at radius 1 is 1.04 bits per heavy atom. The van der Waals surface area contributed by atoms with E-state index >= 15 is 0 Å². The Morgan fingerprint density at radius 3 is 2.38 bits per heavy atom. The van der Waals surface area contributed by atoms with E-state index in [0.29, 0.717) is 17.9 Å². The Balaban J connectivity index is 1.77. The van der Waals surface area contributed by atoms with Crippen molar-refractivity contribution in [1.82, 2.24) is 5.32 Å². The highest BCUT2D eigenvalue weighted by molar-refractivity contribution is 5.98. The van der Waals surface area contributed by atoms with E-state index in [-0.39, 0.29) is 42.3 Å². The molecule has 0 bridgehead atoms. The van der Waals surface area contributed by atoms with E-state index in [2.05, 4.69) is 5.32 Å². The number of ketones is 1. The zero-order valence-electron chi connectivity index (χ0n) is 15.5. The van der Waals surface area contributed by atoms with Crippen LogP contribution in [0.15, 0.2) is 24.3 Å². The van der Waals surface area contributed by atoms with Gasteiger partial charge < -0.3 is 14.8 Å². The number of nitrogens with one attached hydrogen (secondary N) is 1. The highest BCUT2D eigenvalue weighted by Gasteiger charge is 2.31. The summed E-state index contributed by atoms with van der Waals surface area (Å²) >= 11 is 0. The van der Waals surface area contributed by atoms with Gasteiger partial charge in [0.2, 0.25) is 5.91 Å². The van der Waals surface area contributed by atoms with Gasteiger partial charge in [0.25, 0.3) is 0 Å². The predicted octanol–water partition coefficient (Wildman–Crippen LogP) is 2.75. The molecule has 1 aliphatic carbocycles. The standard InChI is InChI=1S/C20H27NO5/c1-25-16-9-7-14(8-10-16)18(22)11-12-19(23)21-13-15-5-3-4-6-17(15)20(24)26-2/h7-10,15,17H,3-6,11-13H2,1-2H3,(H,21,23). The molecule has 0 aliphatic heterocycles. The zero-order valence-corrected chi connectivity index (χ0v) is 15.5. The molecule has 1 aliphatic rings. The maximum Gasteiger partial charge on any atom is 0.309 e. The fourth-order valence-electron chi connectivity index (χ4n) is 3.40. The van der Waals surface area contributed by atoms with Gasteiger partial charge in [-0.15, -0.1) is 0 Å². The van der Waals surface area contributed by atoms with Crippen LogP contribution < -0.4 is 10.1 Å². The van der Waals surface area contributed by atoms with Crippen molar-refractivity contribution in [3.8, 4) is 5.75 Å². The molecule has 0 heterocycles. The van der Waals surface area contributed by atoms with Gasteiger partial charge in [0.15, 0.2) is 5.78 Å². The van der Waals surface area contributed by atoms with Gasteiger partial charge in [-0.05, 0) is 43.0 Å². The summed E-state index contributed by atoms with van der Waals surface area (Å²) in [5.74, 6) is 0.215. The van der Waals surface area contributed by atoms with Crippen molar-refractivity contribution in [3.63, 3.8) is 0 Å². The van der Waals surface area contributed by atoms with E-state index in [9.17, 15) is 14.4 Å². The number of methoxy groups -OCH3 is 2. The Morgan fingerprint density at radius 2 is 1.73 bits per heavy atom. The summed E-state index contributed by atoms with van der Waals surface area (Å²) in [4.78, 5) is 36.1. The number of hydrogen-bond acceptors (Lipinski definition) is 5. The van der Waals surface area contributed by atoms with Crippen molar-refractivity contribution >= 4 is 17.7 Å². The Labute approximate surface area is 154 Å². The van der Waals surface area contributed by atoms with Crippen LogP contribution in [0.2, 0.25) is 0 Å². The van der Waals surface area contributed by atoms with Crippen LogP contribution in [0, 0.1) is 11.8 Å². The SMILES string of the molecule is COC(=O)C1CCCCC1CNC(=O)CCC(=O)c1ccc(OC)cc1. The smallest absolute Gasteiger partial charge is 0.309 e. The molecule has 1 amide bonds. The van der Waals surface area contributed by atoms with Crippen LogP contribution in [-0.4, -0.2) is 38.4 Å². The fraction of sp³-hybridized carbons (Fsp3) is 0.550. The number of benzene rings is 1. The minimum absolute atomic E-state index is 0.0760. The van der Waals surface area contributed by atoms with Crippen LogP contribution in [-0.2, 0) is 14.3 Å². The minimum atomic E-state index is -0.196. The maximum atomic E-state index is 12.2. The topological polar surface area (TPSA) is 81.7 Å². The second-order valence-corrected chi connectivity index (χ2v) is 6.63. The maximum absolute atomic E-state index is 12.2. The number of carbonyl (C=O) groups excluding carboxylic acids is 3. The largest absolute Gasteiger partial charge is 0.497 e. The zero-order chi connectivity index (χ0) is 18.9. The molecule has 6 heteroatoms. The van der Waals surface area contributed by atoms with Crippen LogP contribution in [0.1, 0.15) is 48.9 Å². The minimum Gasteiger partial charge on any atom is -0.497 e. The first kappa shape index (κ1) is 19.9. The summed E-state index contributed by atoms with van der Waals surface area (Å²) in [5, 5.41) is 2.87. The molecule has 6 nitrogen and oxygen atoms in total. The first-order chi connectivity index (χ1) is 12.5. The van der Waals surface area contributed by atoms with E-state index in [1.165, 1.54) is 7.11 Å². The molecule has 1 aromatic carbocycles. The second kappa shape index (κ2) is 9.94. The molecule has 142 valence electrons. The normalized spacial score (nSPS) is 19.5. The molecule has 2 rings (SSSR count). The molecule has 0 radical (unpaired) electrons. The van der Waals surface area contributed by atoms with Crippen LogP contribution in [0.5, 0.6) is 5.75 Å². The molecule has 1 fully saturated rings. The second-order valence-electron chi connectivity index (χ2n) is 6.63. The predicted molar refractivity (Wildman–Crippen MR) is 97.0 cm³/mol. The van der Waals surface area contributed by atoms with Crippen LogP contribution in [0.25, 0.3) is 0 Å². The van der Waals surface area contributed by atoms with Crippen molar-refractivity contribution in [1.29, 1.82) is 0 Å². The summed E-state index contributed by atoms with van der Waals surface area (Å²) in [7, 11) is 2.97. The lowest BCUT2D eigenvalue weighted by atomic mass is 9.79. The highest BCUT2D eigenvalue weighted by Crippen LogP contribution is 2.30. The van der Waals surface area contributed by atoms with Crippen LogP contribution in [0.4, 0.5) is 0 Å². The number of hydrogen-bond donors (Lipinski definition) is 1. The average molecular weight is 361 g/mol. The molecule has 26 heavy (non-hydrogen) atoms. The van der Waals surface area contributed by atoms with Gasteiger partial charge in [-0.1, -0.05) is 12.8 Å². The number of esters is 1. The van der Waals surface area contributed by atoms with E-state index in [1.807, 2.05) is 0 Å². The number of ether oxygens (including phenoxy) is 2. The molecule has 0 saturated heterocycles. The summed E-state index contributed by atoms with van der Waals surface area (Å²) in [5.41, 5.74) is 0.566. The van der Waals surface area contributed by atoms with Gasteiger partial charge >= 0.3 is 5.97 Å².